The maximum absolute atomic E-state index is 5.85. The molecule has 16 heavy (non-hydrogen) atoms. The van der Waals surface area contributed by atoms with E-state index in [1.54, 1.807) is 0 Å². The normalized spacial score (nSPS) is 10.1. The molecule has 0 aliphatic heterocycles. The second kappa shape index (κ2) is 5.04. The third-order valence-corrected chi connectivity index (χ3v) is 2.73. The predicted octanol–water partition coefficient (Wildman–Crippen LogP) is 3.78. The van der Waals surface area contributed by atoms with Crippen molar-refractivity contribution in [2.45, 2.75) is 6.54 Å². The van der Waals surface area contributed by atoms with Crippen LogP contribution >= 0.6 is 11.6 Å². The highest BCUT2D eigenvalue weighted by atomic mass is 35.5. The molecule has 0 amide bonds. The summed E-state index contributed by atoms with van der Waals surface area (Å²) in [5.74, 6) is 0. The van der Waals surface area contributed by atoms with E-state index in [1.807, 2.05) is 36.4 Å². The Morgan fingerprint density at radius 1 is 1.06 bits per heavy atom. The van der Waals surface area contributed by atoms with Gasteiger partial charge in [0.25, 0.3) is 0 Å². The minimum atomic E-state index is 0.778. The van der Waals surface area contributed by atoms with Crippen molar-refractivity contribution in [3.8, 4) is 0 Å². The molecule has 0 spiro atoms. The Hall–Kier alpha value is -1.47. The van der Waals surface area contributed by atoms with Crippen LogP contribution in [0.2, 0.25) is 5.02 Å². The van der Waals surface area contributed by atoms with Crippen LogP contribution in [-0.2, 0) is 6.54 Å². The lowest BCUT2D eigenvalue weighted by molar-refractivity contribution is 0.923. The fourth-order valence-corrected chi connectivity index (χ4v) is 1.71. The molecule has 0 atom stereocenters. The summed E-state index contributed by atoms with van der Waals surface area (Å²) in [6.07, 6.45) is 0. The molecule has 0 aliphatic carbocycles. The highest BCUT2D eigenvalue weighted by Crippen LogP contribution is 2.16. The zero-order valence-electron chi connectivity index (χ0n) is 9.15. The van der Waals surface area contributed by atoms with Gasteiger partial charge in [-0.2, -0.15) is 0 Å². The summed E-state index contributed by atoms with van der Waals surface area (Å²) in [6, 6.07) is 18.9. The molecule has 0 saturated heterocycles. The largest absolute Gasteiger partial charge is 0.370 e. The van der Waals surface area contributed by atoms with E-state index in [-0.39, 0.29) is 0 Å². The maximum Gasteiger partial charge on any atom is 0.0426 e. The number of nitrogens with zero attached hydrogens (tertiary/aromatic N) is 1. The molecule has 0 unspecified atom stereocenters. The monoisotopic (exact) mass is 230 g/mol. The SMILES string of the molecule is CN(Cc1ccc(Cl)cc1)c1cc[c]cc1. The van der Waals surface area contributed by atoms with Crippen molar-refractivity contribution in [1.29, 1.82) is 0 Å². The van der Waals surface area contributed by atoms with Gasteiger partial charge in [0, 0.05) is 24.3 Å². The van der Waals surface area contributed by atoms with Gasteiger partial charge in [0.2, 0.25) is 0 Å². The molecular formula is C14H13ClN. The zero-order chi connectivity index (χ0) is 11.4. The van der Waals surface area contributed by atoms with E-state index < -0.39 is 0 Å². The van der Waals surface area contributed by atoms with E-state index >= 15 is 0 Å². The van der Waals surface area contributed by atoms with Crippen LogP contribution in [0.3, 0.4) is 0 Å². The number of halogens is 1. The van der Waals surface area contributed by atoms with Crippen molar-refractivity contribution in [3.05, 3.63) is 65.2 Å². The van der Waals surface area contributed by atoms with E-state index in [2.05, 4.69) is 30.1 Å². The van der Waals surface area contributed by atoms with Crippen LogP contribution in [0.15, 0.2) is 48.5 Å². The number of rotatable bonds is 3. The van der Waals surface area contributed by atoms with Gasteiger partial charge in [-0.1, -0.05) is 35.9 Å². The number of anilines is 1. The topological polar surface area (TPSA) is 3.24 Å². The summed E-state index contributed by atoms with van der Waals surface area (Å²) in [4.78, 5) is 2.19. The summed E-state index contributed by atoms with van der Waals surface area (Å²) >= 11 is 5.85. The zero-order valence-corrected chi connectivity index (χ0v) is 9.91. The number of benzene rings is 2. The van der Waals surface area contributed by atoms with Crippen LogP contribution in [0.5, 0.6) is 0 Å². The van der Waals surface area contributed by atoms with Gasteiger partial charge in [-0.3, -0.25) is 0 Å². The molecule has 0 bridgehead atoms. The first kappa shape index (κ1) is 11.0. The van der Waals surface area contributed by atoms with Crippen LogP contribution < -0.4 is 4.90 Å². The fourth-order valence-electron chi connectivity index (χ4n) is 1.59. The third kappa shape index (κ3) is 2.77. The molecule has 2 aromatic rings. The highest BCUT2D eigenvalue weighted by Gasteiger charge is 2.00. The van der Waals surface area contributed by atoms with E-state index in [0.29, 0.717) is 0 Å². The lowest BCUT2D eigenvalue weighted by atomic mass is 10.2. The molecule has 2 rings (SSSR count). The first-order valence-corrected chi connectivity index (χ1v) is 5.55. The van der Waals surface area contributed by atoms with Crippen molar-refractivity contribution in [1.82, 2.24) is 0 Å². The standard InChI is InChI=1S/C14H13ClN/c1-16(14-5-3-2-4-6-14)11-12-7-9-13(15)10-8-12/h3-10H,11H2,1H3. The average molecular weight is 231 g/mol. The van der Waals surface area contributed by atoms with Gasteiger partial charge >= 0.3 is 0 Å². The Morgan fingerprint density at radius 3 is 2.31 bits per heavy atom. The molecule has 0 aliphatic rings. The molecule has 0 aromatic heterocycles. The van der Waals surface area contributed by atoms with Crippen molar-refractivity contribution in [3.63, 3.8) is 0 Å². The van der Waals surface area contributed by atoms with Gasteiger partial charge < -0.3 is 4.90 Å². The first-order chi connectivity index (χ1) is 7.75. The number of hydrogen-bond acceptors (Lipinski definition) is 1. The second-order valence-corrected chi connectivity index (χ2v) is 4.18. The fraction of sp³-hybridized carbons (Fsp3) is 0.143. The molecule has 2 heteroatoms. The lowest BCUT2D eigenvalue weighted by Crippen LogP contribution is -2.15. The molecule has 0 N–H and O–H groups in total. The minimum Gasteiger partial charge on any atom is -0.370 e. The van der Waals surface area contributed by atoms with Gasteiger partial charge in [-0.15, -0.1) is 0 Å². The van der Waals surface area contributed by atoms with Crippen molar-refractivity contribution >= 4 is 17.3 Å². The van der Waals surface area contributed by atoms with Gasteiger partial charge in [0.15, 0.2) is 0 Å². The molecule has 2 aromatic carbocycles. The summed E-state index contributed by atoms with van der Waals surface area (Å²) < 4.78 is 0. The van der Waals surface area contributed by atoms with Crippen LogP contribution in [0.4, 0.5) is 5.69 Å². The maximum atomic E-state index is 5.85. The summed E-state index contributed by atoms with van der Waals surface area (Å²) in [7, 11) is 2.07. The molecule has 0 fully saturated rings. The van der Waals surface area contributed by atoms with Gasteiger partial charge in [0.1, 0.15) is 0 Å². The van der Waals surface area contributed by atoms with Crippen LogP contribution in [-0.4, -0.2) is 7.05 Å². The quantitative estimate of drug-likeness (QED) is 0.776. The highest BCUT2D eigenvalue weighted by molar-refractivity contribution is 6.30. The lowest BCUT2D eigenvalue weighted by Gasteiger charge is -2.19. The molecule has 0 saturated carbocycles. The Labute approximate surface area is 101 Å². The Bertz CT molecular complexity index is 436. The molecular weight excluding hydrogens is 218 g/mol. The van der Waals surface area contributed by atoms with Crippen LogP contribution in [0.1, 0.15) is 5.56 Å². The molecule has 1 radical (unpaired) electrons. The Balaban J connectivity index is 2.08. The van der Waals surface area contributed by atoms with E-state index in [0.717, 1.165) is 11.6 Å². The van der Waals surface area contributed by atoms with Gasteiger partial charge in [0.05, 0.1) is 0 Å². The smallest absolute Gasteiger partial charge is 0.0426 e. The number of hydrogen-bond donors (Lipinski definition) is 0. The summed E-state index contributed by atoms with van der Waals surface area (Å²) in [5, 5.41) is 0.778. The second-order valence-electron chi connectivity index (χ2n) is 3.74. The van der Waals surface area contributed by atoms with Gasteiger partial charge in [-0.05, 0) is 35.9 Å². The minimum absolute atomic E-state index is 0.778. The molecule has 0 heterocycles. The summed E-state index contributed by atoms with van der Waals surface area (Å²) in [5.41, 5.74) is 2.44. The first-order valence-electron chi connectivity index (χ1n) is 5.17. The van der Waals surface area contributed by atoms with E-state index in [1.165, 1.54) is 11.3 Å². The van der Waals surface area contributed by atoms with Crippen LogP contribution in [0.25, 0.3) is 0 Å². The average Bonchev–Trinajstić information content (AvgIpc) is 2.33. The van der Waals surface area contributed by atoms with E-state index in [9.17, 15) is 0 Å². The third-order valence-electron chi connectivity index (χ3n) is 2.47. The Kier molecular flexibility index (Phi) is 3.47. The van der Waals surface area contributed by atoms with Crippen molar-refractivity contribution in [2.75, 3.05) is 11.9 Å². The van der Waals surface area contributed by atoms with Crippen molar-refractivity contribution < 1.29 is 0 Å². The molecule has 81 valence electrons. The molecule has 1 nitrogen and oxygen atoms in total. The van der Waals surface area contributed by atoms with Crippen molar-refractivity contribution in [2.24, 2.45) is 0 Å². The summed E-state index contributed by atoms with van der Waals surface area (Å²) in [6.45, 7) is 0.876. The van der Waals surface area contributed by atoms with Gasteiger partial charge in [-0.25, -0.2) is 0 Å². The van der Waals surface area contributed by atoms with E-state index in [4.69, 9.17) is 11.6 Å². The van der Waals surface area contributed by atoms with Crippen LogP contribution in [0, 0.1) is 6.07 Å². The predicted molar refractivity (Wildman–Crippen MR) is 68.8 cm³/mol. The Morgan fingerprint density at radius 2 is 1.69 bits per heavy atom.